The Morgan fingerprint density at radius 2 is 2.44 bits per heavy atom. The zero-order chi connectivity index (χ0) is 11.5. The summed E-state index contributed by atoms with van der Waals surface area (Å²) in [6, 6.07) is 3.62. The molecule has 1 aliphatic heterocycles. The Balaban J connectivity index is 2.11. The van der Waals surface area contributed by atoms with Crippen LogP contribution < -0.4 is 10.2 Å². The van der Waals surface area contributed by atoms with Gasteiger partial charge < -0.3 is 10.2 Å². The molecule has 0 bridgehead atoms. The predicted octanol–water partition coefficient (Wildman–Crippen LogP) is 0.788. The topological polar surface area (TPSA) is 71.3 Å². The molecule has 1 atom stereocenters. The molecule has 1 aromatic rings. The highest BCUT2D eigenvalue weighted by molar-refractivity contribution is 5.43. The van der Waals surface area contributed by atoms with Crippen LogP contribution in [-0.2, 0) is 0 Å². The minimum absolute atomic E-state index is 0.0342. The van der Waals surface area contributed by atoms with E-state index in [2.05, 4.69) is 22.1 Å². The van der Waals surface area contributed by atoms with E-state index >= 15 is 0 Å². The lowest BCUT2D eigenvalue weighted by atomic mass is 10.2. The van der Waals surface area contributed by atoms with Gasteiger partial charge in [-0.2, -0.15) is 0 Å². The fraction of sp³-hybridized carbons (Fsp3) is 0.500. The van der Waals surface area contributed by atoms with Gasteiger partial charge in [0.15, 0.2) is 0 Å². The molecule has 1 fully saturated rings. The van der Waals surface area contributed by atoms with Gasteiger partial charge in [0, 0.05) is 31.7 Å². The summed E-state index contributed by atoms with van der Waals surface area (Å²) in [5.74, 6) is 0.805. The first-order valence-electron chi connectivity index (χ1n) is 5.25. The van der Waals surface area contributed by atoms with Gasteiger partial charge in [0.25, 0.3) is 5.69 Å². The number of hydrogen-bond donors (Lipinski definition) is 1. The highest BCUT2D eigenvalue weighted by Crippen LogP contribution is 2.16. The van der Waals surface area contributed by atoms with E-state index in [1.807, 2.05) is 0 Å². The molecule has 0 amide bonds. The van der Waals surface area contributed by atoms with Crippen LogP contribution in [0.15, 0.2) is 18.3 Å². The van der Waals surface area contributed by atoms with Gasteiger partial charge in [-0.25, -0.2) is 4.98 Å². The summed E-state index contributed by atoms with van der Waals surface area (Å²) >= 11 is 0. The van der Waals surface area contributed by atoms with Gasteiger partial charge in [-0.1, -0.05) is 0 Å². The molecule has 6 heteroatoms. The molecule has 16 heavy (non-hydrogen) atoms. The molecule has 1 aromatic heterocycles. The van der Waals surface area contributed by atoms with Crippen LogP contribution in [-0.4, -0.2) is 35.6 Å². The quantitative estimate of drug-likeness (QED) is 0.591. The number of nitrogens with one attached hydrogen (secondary N) is 1. The minimum atomic E-state index is -0.433. The van der Waals surface area contributed by atoms with Crippen LogP contribution in [0, 0.1) is 10.1 Å². The Hall–Kier alpha value is -1.69. The van der Waals surface area contributed by atoms with Crippen molar-refractivity contribution in [3.05, 3.63) is 28.4 Å². The molecule has 2 rings (SSSR count). The standard InChI is InChI=1S/C10H14N4O2/c1-8-7-13(5-4-11-8)10-3-2-9(6-12-10)14(15)16/h2-3,6,8,11H,4-5,7H2,1H3/t8-/m0/s1. The zero-order valence-corrected chi connectivity index (χ0v) is 9.09. The molecule has 0 unspecified atom stereocenters. The summed E-state index contributed by atoms with van der Waals surface area (Å²) in [6.07, 6.45) is 1.31. The average molecular weight is 222 g/mol. The second-order valence-electron chi connectivity index (χ2n) is 3.93. The third-order valence-corrected chi connectivity index (χ3v) is 2.64. The van der Waals surface area contributed by atoms with Gasteiger partial charge in [0.2, 0.25) is 0 Å². The van der Waals surface area contributed by atoms with Gasteiger partial charge in [-0.3, -0.25) is 10.1 Å². The maximum absolute atomic E-state index is 10.5. The molecule has 0 aromatic carbocycles. The molecule has 6 nitrogen and oxygen atoms in total. The summed E-state index contributed by atoms with van der Waals surface area (Å²) < 4.78 is 0. The Kier molecular flexibility index (Phi) is 3.00. The van der Waals surface area contributed by atoms with Crippen molar-refractivity contribution in [2.45, 2.75) is 13.0 Å². The first kappa shape index (κ1) is 10.8. The summed E-state index contributed by atoms with van der Waals surface area (Å²) in [5, 5.41) is 13.8. The molecule has 1 N–H and O–H groups in total. The highest BCUT2D eigenvalue weighted by atomic mass is 16.6. The van der Waals surface area contributed by atoms with Gasteiger partial charge in [0.05, 0.1) is 4.92 Å². The number of hydrogen-bond acceptors (Lipinski definition) is 5. The number of nitrogens with zero attached hydrogens (tertiary/aromatic N) is 3. The van der Waals surface area contributed by atoms with Crippen molar-refractivity contribution in [1.29, 1.82) is 0 Å². The number of aromatic nitrogens is 1. The number of nitro groups is 1. The van der Waals surface area contributed by atoms with Gasteiger partial charge in [-0.05, 0) is 13.0 Å². The van der Waals surface area contributed by atoms with Crippen molar-refractivity contribution in [1.82, 2.24) is 10.3 Å². The van der Waals surface area contributed by atoms with Gasteiger partial charge >= 0.3 is 0 Å². The van der Waals surface area contributed by atoms with E-state index in [0.717, 1.165) is 25.5 Å². The second-order valence-corrected chi connectivity index (χ2v) is 3.93. The molecule has 1 aliphatic rings. The van der Waals surface area contributed by atoms with Crippen LogP contribution in [0.2, 0.25) is 0 Å². The number of pyridine rings is 1. The Morgan fingerprint density at radius 3 is 3.00 bits per heavy atom. The van der Waals surface area contributed by atoms with Crippen molar-refractivity contribution in [3.63, 3.8) is 0 Å². The lowest BCUT2D eigenvalue weighted by Crippen LogP contribution is -2.49. The fourth-order valence-corrected chi connectivity index (χ4v) is 1.81. The number of anilines is 1. The van der Waals surface area contributed by atoms with Crippen molar-refractivity contribution in [2.24, 2.45) is 0 Å². The molecule has 1 saturated heterocycles. The molecule has 0 saturated carbocycles. The summed E-state index contributed by atoms with van der Waals surface area (Å²) in [6.45, 7) is 4.79. The van der Waals surface area contributed by atoms with E-state index < -0.39 is 4.92 Å². The highest BCUT2D eigenvalue weighted by Gasteiger charge is 2.17. The maximum atomic E-state index is 10.5. The first-order valence-corrected chi connectivity index (χ1v) is 5.25. The van der Waals surface area contributed by atoms with Crippen LogP contribution in [0.25, 0.3) is 0 Å². The van der Waals surface area contributed by atoms with Gasteiger partial charge in [-0.15, -0.1) is 0 Å². The Morgan fingerprint density at radius 1 is 1.62 bits per heavy atom. The molecule has 86 valence electrons. The summed E-state index contributed by atoms with van der Waals surface area (Å²) in [5.41, 5.74) is 0.0342. The number of piperazine rings is 1. The van der Waals surface area contributed by atoms with Crippen LogP contribution in [0.3, 0.4) is 0 Å². The van der Waals surface area contributed by atoms with Gasteiger partial charge in [0.1, 0.15) is 12.0 Å². The summed E-state index contributed by atoms with van der Waals surface area (Å²) in [7, 11) is 0. The van der Waals surface area contributed by atoms with E-state index in [1.54, 1.807) is 6.07 Å². The lowest BCUT2D eigenvalue weighted by molar-refractivity contribution is -0.385. The van der Waals surface area contributed by atoms with Crippen LogP contribution in [0.5, 0.6) is 0 Å². The second kappa shape index (κ2) is 4.44. The van der Waals surface area contributed by atoms with E-state index in [1.165, 1.54) is 12.3 Å². The zero-order valence-electron chi connectivity index (χ0n) is 9.09. The van der Waals surface area contributed by atoms with E-state index in [4.69, 9.17) is 0 Å². The van der Waals surface area contributed by atoms with E-state index in [0.29, 0.717) is 6.04 Å². The molecule has 2 heterocycles. The molecule has 0 aliphatic carbocycles. The third kappa shape index (κ3) is 2.27. The lowest BCUT2D eigenvalue weighted by Gasteiger charge is -2.32. The average Bonchev–Trinajstić information content (AvgIpc) is 2.29. The summed E-state index contributed by atoms with van der Waals surface area (Å²) in [4.78, 5) is 16.3. The predicted molar refractivity (Wildman–Crippen MR) is 60.6 cm³/mol. The molecule has 0 spiro atoms. The minimum Gasteiger partial charge on any atom is -0.354 e. The maximum Gasteiger partial charge on any atom is 0.287 e. The van der Waals surface area contributed by atoms with Crippen molar-refractivity contribution < 1.29 is 4.92 Å². The van der Waals surface area contributed by atoms with Crippen molar-refractivity contribution >= 4 is 11.5 Å². The smallest absolute Gasteiger partial charge is 0.287 e. The SMILES string of the molecule is C[C@H]1CN(c2ccc([N+](=O)[O-])cn2)CCN1. The van der Waals surface area contributed by atoms with E-state index in [-0.39, 0.29) is 5.69 Å². The third-order valence-electron chi connectivity index (χ3n) is 2.64. The fourth-order valence-electron chi connectivity index (χ4n) is 1.81. The van der Waals surface area contributed by atoms with Crippen LogP contribution in [0.1, 0.15) is 6.92 Å². The van der Waals surface area contributed by atoms with Crippen LogP contribution in [0.4, 0.5) is 11.5 Å². The van der Waals surface area contributed by atoms with Crippen molar-refractivity contribution in [2.75, 3.05) is 24.5 Å². The normalized spacial score (nSPS) is 20.8. The molecular weight excluding hydrogens is 208 g/mol. The Bertz CT molecular complexity index is 379. The van der Waals surface area contributed by atoms with Crippen molar-refractivity contribution in [3.8, 4) is 0 Å². The van der Waals surface area contributed by atoms with E-state index in [9.17, 15) is 10.1 Å². The number of rotatable bonds is 2. The first-order chi connectivity index (χ1) is 7.66. The van der Waals surface area contributed by atoms with Crippen LogP contribution >= 0.6 is 0 Å². The molecule has 0 radical (unpaired) electrons. The molecular formula is C10H14N4O2. The monoisotopic (exact) mass is 222 g/mol. The Labute approximate surface area is 93.4 Å². The largest absolute Gasteiger partial charge is 0.354 e.